The number of alkyl halides is 2. The zero-order valence-corrected chi connectivity index (χ0v) is 12.8. The van der Waals surface area contributed by atoms with Gasteiger partial charge in [-0.2, -0.15) is 0 Å². The first-order valence-corrected chi connectivity index (χ1v) is 6.81. The molecule has 0 aliphatic rings. The summed E-state index contributed by atoms with van der Waals surface area (Å²) < 4.78 is 5.20. The zero-order chi connectivity index (χ0) is 12.3. The van der Waals surface area contributed by atoms with Crippen molar-refractivity contribution in [2.24, 2.45) is 0 Å². The van der Waals surface area contributed by atoms with Gasteiger partial charge in [-0.1, -0.05) is 43.5 Å². The Morgan fingerprint density at radius 1 is 1.31 bits per heavy atom. The second kappa shape index (κ2) is 5.52. The molecule has 88 valence electrons. The van der Waals surface area contributed by atoms with E-state index in [1.807, 2.05) is 0 Å². The summed E-state index contributed by atoms with van der Waals surface area (Å²) in [4.78, 5) is 11.8. The van der Waals surface area contributed by atoms with E-state index < -0.39 is 9.34 Å². The van der Waals surface area contributed by atoms with Crippen LogP contribution in [0.5, 0.6) is 5.75 Å². The van der Waals surface area contributed by atoms with Gasteiger partial charge in [0.2, 0.25) is 0 Å². The summed E-state index contributed by atoms with van der Waals surface area (Å²) in [6.45, 7) is 3.44. The Morgan fingerprint density at radius 2 is 1.81 bits per heavy atom. The van der Waals surface area contributed by atoms with Gasteiger partial charge in [-0.3, -0.25) is 4.79 Å². The highest BCUT2D eigenvalue weighted by Crippen LogP contribution is 2.25. The molecule has 1 rings (SSSR count). The third-order valence-electron chi connectivity index (χ3n) is 1.98. The van der Waals surface area contributed by atoms with Crippen LogP contribution in [0.4, 0.5) is 0 Å². The summed E-state index contributed by atoms with van der Waals surface area (Å²) in [6, 6.07) is 6.90. The van der Waals surface area contributed by atoms with Gasteiger partial charge < -0.3 is 4.74 Å². The first kappa shape index (κ1) is 14.0. The van der Waals surface area contributed by atoms with E-state index in [4.69, 9.17) is 16.3 Å². The minimum atomic E-state index is -0.897. The quantitative estimate of drug-likeness (QED) is 0.743. The summed E-state index contributed by atoms with van der Waals surface area (Å²) in [5, 5.41) is 0.635. The molecule has 0 bridgehead atoms. The third-order valence-corrected chi connectivity index (χ3v) is 3.06. The van der Waals surface area contributed by atoms with Gasteiger partial charge in [-0.25, -0.2) is 0 Å². The van der Waals surface area contributed by atoms with Crippen LogP contribution in [0.2, 0.25) is 5.02 Å². The smallest absolute Gasteiger partial charge is 0.199 e. The number of carbonyl (C=O) groups is 1. The maximum absolute atomic E-state index is 11.8. The lowest BCUT2D eigenvalue weighted by atomic mass is 10.1. The van der Waals surface area contributed by atoms with Crippen LogP contribution >= 0.6 is 43.5 Å². The van der Waals surface area contributed by atoms with Crippen molar-refractivity contribution < 1.29 is 9.53 Å². The molecule has 0 atom stereocenters. The largest absolute Gasteiger partial charge is 0.480 e. The monoisotopic (exact) mass is 368 g/mol. The van der Waals surface area contributed by atoms with Crippen molar-refractivity contribution in [3.8, 4) is 5.75 Å². The van der Waals surface area contributed by atoms with E-state index in [-0.39, 0.29) is 5.78 Å². The maximum atomic E-state index is 11.8. The predicted molar refractivity (Wildman–Crippen MR) is 72.8 cm³/mol. The SMILES string of the molecule is CC(C)(Oc1ccc(Cl)cc1)C(=O)C(Br)Br. The zero-order valence-electron chi connectivity index (χ0n) is 8.84. The highest BCUT2D eigenvalue weighted by Gasteiger charge is 2.33. The summed E-state index contributed by atoms with van der Waals surface area (Å²) in [5.41, 5.74) is -0.897. The Labute approximate surface area is 117 Å². The molecule has 0 fully saturated rings. The highest BCUT2D eigenvalue weighted by atomic mass is 79.9. The standard InChI is InChI=1S/C11H11Br2ClO2/c1-11(2,9(15)10(12)13)16-8-5-3-7(14)4-6-8/h3-6,10H,1-2H3. The van der Waals surface area contributed by atoms with Gasteiger partial charge in [0.15, 0.2) is 11.4 Å². The van der Waals surface area contributed by atoms with Crippen molar-refractivity contribution in [2.45, 2.75) is 23.2 Å². The molecule has 2 nitrogen and oxygen atoms in total. The average molecular weight is 370 g/mol. The van der Waals surface area contributed by atoms with Crippen molar-refractivity contribution in [3.63, 3.8) is 0 Å². The number of halogens is 3. The maximum Gasteiger partial charge on any atom is 0.199 e. The minimum absolute atomic E-state index is 0.0811. The van der Waals surface area contributed by atoms with Gasteiger partial charge in [0, 0.05) is 5.02 Å². The van der Waals surface area contributed by atoms with E-state index in [0.29, 0.717) is 10.8 Å². The summed E-state index contributed by atoms with van der Waals surface area (Å²) in [6.07, 6.45) is 0. The Morgan fingerprint density at radius 3 is 2.25 bits per heavy atom. The van der Waals surface area contributed by atoms with Crippen LogP contribution in [0.3, 0.4) is 0 Å². The Bertz CT molecular complexity index is 374. The molecule has 0 spiro atoms. The molecule has 0 heterocycles. The van der Waals surface area contributed by atoms with Crippen molar-refractivity contribution in [1.82, 2.24) is 0 Å². The van der Waals surface area contributed by atoms with Gasteiger partial charge in [0.05, 0.1) is 0 Å². The van der Waals surface area contributed by atoms with E-state index in [9.17, 15) is 4.79 Å². The lowest BCUT2D eigenvalue weighted by Gasteiger charge is -2.25. The molecular weight excluding hydrogens is 359 g/mol. The molecule has 0 radical (unpaired) electrons. The lowest BCUT2D eigenvalue weighted by molar-refractivity contribution is -0.129. The number of hydrogen-bond donors (Lipinski definition) is 0. The van der Waals surface area contributed by atoms with E-state index in [2.05, 4.69) is 31.9 Å². The van der Waals surface area contributed by atoms with Crippen LogP contribution in [-0.4, -0.2) is 15.1 Å². The van der Waals surface area contributed by atoms with Crippen molar-refractivity contribution in [2.75, 3.05) is 0 Å². The molecule has 0 unspecified atom stereocenters. The molecule has 0 aromatic heterocycles. The lowest BCUT2D eigenvalue weighted by Crippen LogP contribution is -2.41. The molecule has 1 aromatic carbocycles. The van der Waals surface area contributed by atoms with Crippen molar-refractivity contribution in [1.29, 1.82) is 0 Å². The van der Waals surface area contributed by atoms with Crippen LogP contribution in [0.25, 0.3) is 0 Å². The van der Waals surface area contributed by atoms with Crippen molar-refractivity contribution in [3.05, 3.63) is 29.3 Å². The number of ether oxygens (including phenoxy) is 1. The highest BCUT2D eigenvalue weighted by molar-refractivity contribution is 9.25. The minimum Gasteiger partial charge on any atom is -0.480 e. The van der Waals surface area contributed by atoms with Gasteiger partial charge in [0.1, 0.15) is 9.49 Å². The van der Waals surface area contributed by atoms with Gasteiger partial charge in [-0.05, 0) is 38.1 Å². The molecule has 1 aromatic rings. The number of Topliss-reactive ketones (excluding diaryl/α,β-unsaturated/α-hetero) is 1. The first-order chi connectivity index (χ1) is 7.33. The van der Waals surface area contributed by atoms with Crippen LogP contribution in [0, 0.1) is 0 Å². The van der Waals surface area contributed by atoms with E-state index in [1.165, 1.54) is 0 Å². The number of carbonyl (C=O) groups excluding carboxylic acids is 1. The second-order valence-electron chi connectivity index (χ2n) is 3.73. The van der Waals surface area contributed by atoms with Crippen LogP contribution in [0.1, 0.15) is 13.8 Å². The summed E-state index contributed by atoms with van der Waals surface area (Å²) >= 11 is 12.1. The van der Waals surface area contributed by atoms with Crippen LogP contribution in [0.15, 0.2) is 24.3 Å². The number of rotatable bonds is 4. The van der Waals surface area contributed by atoms with Crippen LogP contribution < -0.4 is 4.74 Å². The number of hydrogen-bond acceptors (Lipinski definition) is 2. The Balaban J connectivity index is 2.80. The molecule has 5 heteroatoms. The fourth-order valence-electron chi connectivity index (χ4n) is 1.11. The molecule has 0 aliphatic carbocycles. The van der Waals surface area contributed by atoms with Gasteiger partial charge >= 0.3 is 0 Å². The molecule has 0 saturated heterocycles. The van der Waals surface area contributed by atoms with Gasteiger partial charge in [-0.15, -0.1) is 0 Å². The fraction of sp³-hybridized carbons (Fsp3) is 0.364. The molecule has 0 amide bonds. The summed E-state index contributed by atoms with van der Waals surface area (Å²) in [7, 11) is 0. The molecule has 16 heavy (non-hydrogen) atoms. The fourth-order valence-corrected chi connectivity index (χ4v) is 2.34. The van der Waals surface area contributed by atoms with Crippen LogP contribution in [-0.2, 0) is 4.79 Å². The molecule has 0 N–H and O–H groups in total. The second-order valence-corrected chi connectivity index (χ2v) is 7.23. The van der Waals surface area contributed by atoms with Gasteiger partial charge in [0.25, 0.3) is 0 Å². The van der Waals surface area contributed by atoms with E-state index >= 15 is 0 Å². The first-order valence-electron chi connectivity index (χ1n) is 4.60. The van der Waals surface area contributed by atoms with Crippen molar-refractivity contribution >= 4 is 49.2 Å². The predicted octanol–water partition coefficient (Wildman–Crippen LogP) is 4.18. The molecular formula is C11H11Br2ClO2. The topological polar surface area (TPSA) is 26.3 Å². The van der Waals surface area contributed by atoms with E-state index in [1.54, 1.807) is 38.1 Å². The molecule has 0 saturated carbocycles. The third kappa shape index (κ3) is 3.75. The average Bonchev–Trinajstić information content (AvgIpc) is 2.20. The normalized spacial score (nSPS) is 11.6. The number of ketones is 1. The Hall–Kier alpha value is -0.0600. The molecule has 0 aliphatic heterocycles. The van der Waals surface area contributed by atoms with E-state index in [0.717, 1.165) is 0 Å². The summed E-state index contributed by atoms with van der Waals surface area (Å²) in [5.74, 6) is 0.533. The number of benzene rings is 1. The Kier molecular flexibility index (Phi) is 4.83.